The van der Waals surface area contributed by atoms with Crippen LogP contribution >= 0.6 is 0 Å². The third-order valence-electron chi connectivity index (χ3n) is 4.00. The third-order valence-corrected chi connectivity index (χ3v) is 4.00. The normalized spacial score (nSPS) is 18.2. The molecule has 0 saturated carbocycles. The van der Waals surface area contributed by atoms with Gasteiger partial charge in [0.05, 0.1) is 0 Å². The van der Waals surface area contributed by atoms with E-state index in [2.05, 4.69) is 0 Å². The van der Waals surface area contributed by atoms with Crippen LogP contribution in [0.25, 0.3) is 0 Å². The number of carboxylic acids is 1. The molecule has 2 aromatic carbocycles. The first-order valence-corrected chi connectivity index (χ1v) is 6.95. The minimum absolute atomic E-state index is 0.209. The number of hydrogen-bond acceptors (Lipinski definition) is 3. The maximum absolute atomic E-state index is 11.5. The van der Waals surface area contributed by atoms with Crippen LogP contribution in [-0.2, 0) is 24.3 Å². The van der Waals surface area contributed by atoms with Crippen molar-refractivity contribution in [3.05, 3.63) is 65.2 Å². The van der Waals surface area contributed by atoms with Gasteiger partial charge in [-0.05, 0) is 23.6 Å². The topological polar surface area (TPSA) is 60.8 Å². The Labute approximate surface area is 123 Å². The molecule has 108 valence electrons. The Morgan fingerprint density at radius 2 is 1.76 bits per heavy atom. The minimum atomic E-state index is -0.820. The van der Waals surface area contributed by atoms with Crippen molar-refractivity contribution in [2.45, 2.75) is 25.6 Å². The highest BCUT2D eigenvalue weighted by molar-refractivity contribution is 5.74. The Balaban J connectivity index is 1.89. The Hall–Kier alpha value is -2.33. The Bertz CT molecular complexity index is 669. The van der Waals surface area contributed by atoms with Crippen molar-refractivity contribution in [1.29, 1.82) is 0 Å². The van der Waals surface area contributed by atoms with Crippen LogP contribution in [0.5, 0.6) is 5.75 Å². The van der Waals surface area contributed by atoms with Gasteiger partial charge in [-0.25, -0.2) is 0 Å². The van der Waals surface area contributed by atoms with Gasteiger partial charge in [-0.1, -0.05) is 42.5 Å². The fraction of sp³-hybridized carbons (Fsp3) is 0.235. The van der Waals surface area contributed by atoms with E-state index in [-0.39, 0.29) is 5.75 Å². The van der Waals surface area contributed by atoms with E-state index in [9.17, 15) is 15.0 Å². The zero-order valence-corrected chi connectivity index (χ0v) is 11.6. The lowest BCUT2D eigenvalue weighted by atomic mass is 9.93. The highest BCUT2D eigenvalue weighted by Gasteiger charge is 2.31. The van der Waals surface area contributed by atoms with Gasteiger partial charge >= 0.3 is 5.97 Å². The number of aliphatic carboxylic acids is 1. The number of para-hydroxylation sites is 1. The van der Waals surface area contributed by atoms with Gasteiger partial charge in [0, 0.05) is 18.7 Å². The van der Waals surface area contributed by atoms with Crippen molar-refractivity contribution < 1.29 is 15.0 Å². The summed E-state index contributed by atoms with van der Waals surface area (Å²) in [6.07, 6.45) is 0.499. The Morgan fingerprint density at radius 1 is 1.10 bits per heavy atom. The number of hydrogen-bond donors (Lipinski definition) is 2. The molecule has 2 N–H and O–H groups in total. The minimum Gasteiger partial charge on any atom is -0.508 e. The number of phenolic OH excluding ortho intramolecular Hbond substituents is 1. The van der Waals surface area contributed by atoms with Gasteiger partial charge in [0.2, 0.25) is 0 Å². The smallest absolute Gasteiger partial charge is 0.321 e. The molecule has 21 heavy (non-hydrogen) atoms. The number of benzene rings is 2. The number of rotatable bonds is 3. The third kappa shape index (κ3) is 2.76. The van der Waals surface area contributed by atoms with E-state index in [1.165, 1.54) is 0 Å². The monoisotopic (exact) mass is 283 g/mol. The van der Waals surface area contributed by atoms with Crippen molar-refractivity contribution in [1.82, 2.24) is 4.90 Å². The van der Waals surface area contributed by atoms with Crippen LogP contribution in [-0.4, -0.2) is 27.1 Å². The highest BCUT2D eigenvalue weighted by atomic mass is 16.4. The lowest BCUT2D eigenvalue weighted by molar-refractivity contribution is -0.144. The summed E-state index contributed by atoms with van der Waals surface area (Å²) in [5.41, 5.74) is 3.01. The van der Waals surface area contributed by atoms with E-state index < -0.39 is 12.0 Å². The maximum atomic E-state index is 11.5. The number of aromatic hydroxyl groups is 1. The molecule has 0 spiro atoms. The first-order chi connectivity index (χ1) is 10.1. The van der Waals surface area contributed by atoms with Crippen molar-refractivity contribution >= 4 is 5.97 Å². The first-order valence-electron chi connectivity index (χ1n) is 6.95. The fourth-order valence-electron chi connectivity index (χ4n) is 2.85. The molecule has 4 heteroatoms. The van der Waals surface area contributed by atoms with Crippen LogP contribution in [0.4, 0.5) is 0 Å². The van der Waals surface area contributed by atoms with Crippen molar-refractivity contribution in [2.75, 3.05) is 0 Å². The highest BCUT2D eigenvalue weighted by Crippen LogP contribution is 2.27. The number of phenols is 1. The molecular weight excluding hydrogens is 266 g/mol. The molecule has 0 bridgehead atoms. The van der Waals surface area contributed by atoms with Crippen LogP contribution in [0.3, 0.4) is 0 Å². The maximum Gasteiger partial charge on any atom is 0.321 e. The predicted octanol–water partition coefficient (Wildman–Crippen LogP) is 2.40. The second-order valence-corrected chi connectivity index (χ2v) is 5.36. The molecule has 0 aromatic heterocycles. The largest absolute Gasteiger partial charge is 0.508 e. The van der Waals surface area contributed by atoms with E-state index in [0.29, 0.717) is 19.5 Å². The van der Waals surface area contributed by atoms with Crippen LogP contribution < -0.4 is 0 Å². The van der Waals surface area contributed by atoms with Crippen LogP contribution in [0.15, 0.2) is 48.5 Å². The summed E-state index contributed by atoms with van der Waals surface area (Å²) >= 11 is 0. The van der Waals surface area contributed by atoms with Gasteiger partial charge < -0.3 is 10.2 Å². The first kappa shape index (κ1) is 13.6. The average Bonchev–Trinajstić information content (AvgIpc) is 2.48. The second kappa shape index (κ2) is 5.58. The van der Waals surface area contributed by atoms with Crippen molar-refractivity contribution in [3.63, 3.8) is 0 Å². The van der Waals surface area contributed by atoms with E-state index in [1.807, 2.05) is 41.3 Å². The molecule has 0 fully saturated rings. The number of nitrogens with zero attached hydrogens (tertiary/aromatic N) is 1. The predicted molar refractivity (Wildman–Crippen MR) is 78.9 cm³/mol. The SMILES string of the molecule is O=C(O)C1Cc2ccccc2CN1Cc1ccccc1O. The summed E-state index contributed by atoms with van der Waals surface area (Å²) in [7, 11) is 0. The van der Waals surface area contributed by atoms with Gasteiger partial charge in [0.15, 0.2) is 0 Å². The molecule has 1 atom stereocenters. The van der Waals surface area contributed by atoms with Gasteiger partial charge in [0.1, 0.15) is 11.8 Å². The summed E-state index contributed by atoms with van der Waals surface area (Å²) in [5.74, 6) is -0.611. The summed E-state index contributed by atoms with van der Waals surface area (Å²) in [4.78, 5) is 13.4. The molecule has 0 saturated heterocycles. The summed E-state index contributed by atoms with van der Waals surface area (Å²) in [6, 6.07) is 14.4. The summed E-state index contributed by atoms with van der Waals surface area (Å²) in [6.45, 7) is 1.01. The van der Waals surface area contributed by atoms with Gasteiger partial charge in [-0.15, -0.1) is 0 Å². The van der Waals surface area contributed by atoms with Crippen LogP contribution in [0, 0.1) is 0 Å². The molecule has 0 aliphatic carbocycles. The number of fused-ring (bicyclic) bond motifs is 1. The lowest BCUT2D eigenvalue weighted by Crippen LogP contribution is -2.45. The zero-order valence-electron chi connectivity index (χ0n) is 11.6. The molecule has 2 aromatic rings. The molecule has 4 nitrogen and oxygen atoms in total. The fourth-order valence-corrected chi connectivity index (χ4v) is 2.85. The molecule has 1 aliphatic heterocycles. The molecule has 1 heterocycles. The Kier molecular flexibility index (Phi) is 3.62. The molecule has 0 radical (unpaired) electrons. The quantitative estimate of drug-likeness (QED) is 0.908. The van der Waals surface area contributed by atoms with E-state index in [1.54, 1.807) is 12.1 Å². The van der Waals surface area contributed by atoms with E-state index in [0.717, 1.165) is 16.7 Å². The number of carboxylic acid groups (broad SMARTS) is 1. The van der Waals surface area contributed by atoms with E-state index in [4.69, 9.17) is 0 Å². The van der Waals surface area contributed by atoms with Crippen molar-refractivity contribution in [2.24, 2.45) is 0 Å². The van der Waals surface area contributed by atoms with Crippen LogP contribution in [0.2, 0.25) is 0 Å². The van der Waals surface area contributed by atoms with Gasteiger partial charge in [0.25, 0.3) is 0 Å². The van der Waals surface area contributed by atoms with E-state index >= 15 is 0 Å². The molecule has 1 unspecified atom stereocenters. The zero-order chi connectivity index (χ0) is 14.8. The molecule has 3 rings (SSSR count). The standard InChI is InChI=1S/C17H17NO3/c19-16-8-4-3-7-14(16)11-18-10-13-6-2-1-5-12(13)9-15(18)17(20)21/h1-8,15,19H,9-11H2,(H,20,21). The molecule has 0 amide bonds. The summed E-state index contributed by atoms with van der Waals surface area (Å²) in [5, 5.41) is 19.4. The Morgan fingerprint density at radius 3 is 2.48 bits per heavy atom. The van der Waals surface area contributed by atoms with Crippen LogP contribution in [0.1, 0.15) is 16.7 Å². The second-order valence-electron chi connectivity index (χ2n) is 5.36. The number of carbonyl (C=O) groups is 1. The molecular formula is C17H17NO3. The molecule has 1 aliphatic rings. The average molecular weight is 283 g/mol. The summed E-state index contributed by atoms with van der Waals surface area (Å²) < 4.78 is 0. The van der Waals surface area contributed by atoms with Gasteiger partial charge in [-0.3, -0.25) is 9.69 Å². The lowest BCUT2D eigenvalue weighted by Gasteiger charge is -2.34. The van der Waals surface area contributed by atoms with Gasteiger partial charge in [-0.2, -0.15) is 0 Å². The van der Waals surface area contributed by atoms with Crippen molar-refractivity contribution in [3.8, 4) is 5.75 Å².